The number of benzene rings is 6. The SMILES string of the molecule is CCCCCC12CCC(C(=O)O)(CC1)CC2.CCCCCCCCCCCCCCCCOc1ccc(CCCC(=O)O)cc1.O=C(O)CCCCCCc1ccc(CCC(=O)O)cc1.O=C(O)COc1ccc(-c2ccccc2)cc1.O=C1c2ccccc2C(=O)c2c1cccc2S(=O)(=O)O. The lowest BCUT2D eigenvalue weighted by atomic mass is 9.52. The number of aryl methyl sites for hydroxylation is 3. The minimum absolute atomic E-state index is 0.0103. The normalized spacial score (nSPS) is 15.4. The summed E-state index contributed by atoms with van der Waals surface area (Å²) in [5, 5.41) is 43.6. The number of aliphatic carboxylic acids is 5. The van der Waals surface area contributed by atoms with Gasteiger partial charge in [0.1, 0.15) is 16.4 Å². The van der Waals surface area contributed by atoms with Crippen molar-refractivity contribution < 1.29 is 81.5 Å². The zero-order valence-electron chi connectivity index (χ0n) is 60.1. The number of fused-ring (bicyclic) bond motifs is 5. The highest BCUT2D eigenvalue weighted by Crippen LogP contribution is 2.59. The topological polar surface area (TPSA) is 293 Å². The monoisotopic (exact) mass is 1420 g/mol. The summed E-state index contributed by atoms with van der Waals surface area (Å²) >= 11 is 0. The average Bonchev–Trinajstić information content (AvgIpc) is 0.752. The summed E-state index contributed by atoms with van der Waals surface area (Å²) in [6, 6.07) is 43.5. The van der Waals surface area contributed by atoms with E-state index in [9.17, 15) is 51.6 Å². The number of carboxylic acid groups (broad SMARTS) is 5. The van der Waals surface area contributed by atoms with E-state index in [1.807, 2.05) is 78.9 Å². The van der Waals surface area contributed by atoms with Crippen molar-refractivity contribution in [3.05, 3.63) is 185 Å². The third kappa shape index (κ3) is 31.0. The molecule has 0 radical (unpaired) electrons. The smallest absolute Gasteiger partial charge is 0.341 e. The fraction of sp³-hybridized carbons (Fsp3) is 0.488. The number of ketones is 2. The third-order valence-corrected chi connectivity index (χ3v) is 20.4. The van der Waals surface area contributed by atoms with E-state index in [1.165, 1.54) is 164 Å². The largest absolute Gasteiger partial charge is 0.494 e. The summed E-state index contributed by atoms with van der Waals surface area (Å²) in [5.74, 6) is -3.25. The summed E-state index contributed by atoms with van der Waals surface area (Å²) in [6.45, 7) is 5.00. The molecule has 0 aromatic heterocycles. The standard InChI is InChI=1S/C26H44O3.C16H22O4.C14H8O5S.C14H12O3.C14H24O2/c1-2-3-4-5-6-7-8-9-10-11-12-13-14-15-23-29-25-21-19-24(20-22-25)17-16-18-26(27)28;17-15(18)6-4-2-1-3-5-13-7-9-14(10-8-13)11-12-16(19)20;15-13-8-4-1-2-5-9(8)14(16)12-10(13)6-3-7-11(12)20(17,18)19;15-14(16)10-17-13-8-6-12(7-9-13)11-4-2-1-3-5-11;1-2-3-4-5-13-6-9-14(10-7-13,11-8-13)12(15)16/h19-22H,2-18,23H2,1H3,(H,27,28);7-10H,1-6,11-12H2,(H,17,18)(H,19,20);1-7H,(H,17,18,19);1-9H,10H2,(H,15,16);2-11H2,1H3,(H,15,16). The van der Waals surface area contributed by atoms with Crippen molar-refractivity contribution in [1.82, 2.24) is 0 Å². The van der Waals surface area contributed by atoms with Crippen LogP contribution < -0.4 is 9.47 Å². The minimum Gasteiger partial charge on any atom is -0.494 e. The van der Waals surface area contributed by atoms with Crippen LogP contribution in [0.1, 0.15) is 268 Å². The van der Waals surface area contributed by atoms with Gasteiger partial charge in [0.25, 0.3) is 10.1 Å². The Morgan fingerprint density at radius 2 is 0.814 bits per heavy atom. The first kappa shape index (κ1) is 84.2. The lowest BCUT2D eigenvalue weighted by Crippen LogP contribution is -2.45. The van der Waals surface area contributed by atoms with Gasteiger partial charge in [-0.25, -0.2) is 4.79 Å². The van der Waals surface area contributed by atoms with Gasteiger partial charge >= 0.3 is 29.8 Å². The van der Waals surface area contributed by atoms with Crippen LogP contribution in [0.25, 0.3) is 11.1 Å². The van der Waals surface area contributed by atoms with Crippen LogP contribution >= 0.6 is 0 Å². The zero-order chi connectivity index (χ0) is 74.0. The number of ether oxygens (including phenoxy) is 2. The maximum Gasteiger partial charge on any atom is 0.341 e. The molecule has 0 saturated heterocycles. The van der Waals surface area contributed by atoms with Crippen molar-refractivity contribution in [2.45, 2.75) is 243 Å². The summed E-state index contributed by atoms with van der Waals surface area (Å²) < 4.78 is 42.8. The second-order valence-electron chi connectivity index (χ2n) is 27.3. The predicted octanol–water partition coefficient (Wildman–Crippen LogP) is 19.8. The first-order valence-corrected chi connectivity index (χ1v) is 38.5. The Balaban J connectivity index is 0.000000233. The number of unbranched alkanes of at least 4 members (excludes halogenated alkanes) is 18. The molecular weight excluding hydrogens is 1310 g/mol. The first-order valence-electron chi connectivity index (χ1n) is 37.1. The van der Waals surface area contributed by atoms with Crippen LogP contribution in [-0.4, -0.2) is 93.1 Å². The van der Waals surface area contributed by atoms with E-state index in [0.717, 1.165) is 99.3 Å². The summed E-state index contributed by atoms with van der Waals surface area (Å²) in [6.07, 6.45) is 38.4. The molecule has 3 fully saturated rings. The Kier molecular flexibility index (Phi) is 38.1. The summed E-state index contributed by atoms with van der Waals surface area (Å²) in [4.78, 5) is 77.2. The van der Waals surface area contributed by atoms with Crippen LogP contribution in [0, 0.1) is 10.8 Å². The maximum atomic E-state index is 12.4. The molecule has 0 spiro atoms. The number of rotatable bonds is 40. The quantitative estimate of drug-likeness (QED) is 0.0154. The molecular formula is C84H110O17S. The molecule has 0 heterocycles. The molecule has 4 aliphatic rings. The van der Waals surface area contributed by atoms with E-state index in [2.05, 4.69) is 26.0 Å². The number of carbonyl (C=O) groups is 7. The van der Waals surface area contributed by atoms with Crippen molar-refractivity contribution >= 4 is 51.5 Å². The molecule has 4 aliphatic carbocycles. The number of hydrogen-bond acceptors (Lipinski definition) is 11. The molecule has 0 aliphatic heterocycles. The summed E-state index contributed by atoms with van der Waals surface area (Å²) in [5.41, 5.74) is 5.99. The lowest BCUT2D eigenvalue weighted by molar-refractivity contribution is -0.159. The Bertz CT molecular complexity index is 3600. The maximum absolute atomic E-state index is 12.4. The van der Waals surface area contributed by atoms with Gasteiger partial charge in [0.05, 0.1) is 17.6 Å². The molecule has 102 heavy (non-hydrogen) atoms. The lowest BCUT2D eigenvalue weighted by Gasteiger charge is -2.51. The fourth-order valence-electron chi connectivity index (χ4n) is 13.3. The van der Waals surface area contributed by atoms with Crippen LogP contribution in [0.15, 0.2) is 150 Å². The molecule has 0 unspecified atom stereocenters. The molecule has 6 aromatic carbocycles. The van der Waals surface area contributed by atoms with Crippen molar-refractivity contribution in [3.63, 3.8) is 0 Å². The zero-order valence-corrected chi connectivity index (χ0v) is 60.9. The molecule has 17 nitrogen and oxygen atoms in total. The van der Waals surface area contributed by atoms with Crippen molar-refractivity contribution in [2.75, 3.05) is 13.2 Å². The van der Waals surface area contributed by atoms with E-state index >= 15 is 0 Å². The first-order chi connectivity index (χ1) is 49.1. The highest BCUT2D eigenvalue weighted by atomic mass is 32.2. The minimum atomic E-state index is -4.58. The summed E-state index contributed by atoms with van der Waals surface area (Å²) in [7, 11) is -4.58. The number of carboxylic acids is 5. The van der Waals surface area contributed by atoms with Crippen LogP contribution in [0.5, 0.6) is 11.5 Å². The van der Waals surface area contributed by atoms with Crippen molar-refractivity contribution in [2.24, 2.45) is 10.8 Å². The fourth-order valence-corrected chi connectivity index (χ4v) is 14.0. The Labute approximate surface area is 604 Å². The average molecular weight is 1420 g/mol. The molecule has 554 valence electrons. The second-order valence-corrected chi connectivity index (χ2v) is 28.7. The Morgan fingerprint density at radius 3 is 1.33 bits per heavy atom. The van der Waals surface area contributed by atoms with Crippen molar-refractivity contribution in [1.29, 1.82) is 0 Å². The molecule has 3 saturated carbocycles. The van der Waals surface area contributed by atoms with E-state index < -0.39 is 56.4 Å². The third-order valence-electron chi connectivity index (χ3n) is 19.5. The van der Waals surface area contributed by atoms with Crippen LogP contribution in [0.3, 0.4) is 0 Å². The number of hydrogen-bond donors (Lipinski definition) is 6. The second kappa shape index (κ2) is 46.2. The molecule has 10 rings (SSSR count). The molecule has 18 heteroatoms. The van der Waals surface area contributed by atoms with Gasteiger partial charge in [-0.1, -0.05) is 245 Å². The molecule has 6 aromatic rings. The molecule has 0 amide bonds. The van der Waals surface area contributed by atoms with Crippen LogP contribution in [0.2, 0.25) is 0 Å². The van der Waals surface area contributed by atoms with Gasteiger partial charge in [-0.3, -0.25) is 33.3 Å². The van der Waals surface area contributed by atoms with E-state index in [4.69, 9.17) is 29.9 Å². The number of carbonyl (C=O) groups excluding carboxylic acids is 2. The van der Waals surface area contributed by atoms with Gasteiger partial charge in [0.15, 0.2) is 18.2 Å². The predicted molar refractivity (Wildman–Crippen MR) is 399 cm³/mol. The van der Waals surface area contributed by atoms with Crippen LogP contribution in [-0.2, 0) is 53.4 Å². The van der Waals surface area contributed by atoms with Gasteiger partial charge in [0, 0.05) is 36.0 Å². The highest BCUT2D eigenvalue weighted by molar-refractivity contribution is 7.86. The van der Waals surface area contributed by atoms with Gasteiger partial charge in [-0.05, 0) is 153 Å². The Morgan fingerprint density at radius 1 is 0.392 bits per heavy atom. The molecule has 6 N–H and O–H groups in total. The molecule has 2 bridgehead atoms. The van der Waals surface area contributed by atoms with Gasteiger partial charge in [-0.2, -0.15) is 8.42 Å². The van der Waals surface area contributed by atoms with E-state index in [1.54, 1.807) is 24.3 Å². The van der Waals surface area contributed by atoms with E-state index in [0.29, 0.717) is 24.0 Å². The van der Waals surface area contributed by atoms with Gasteiger partial charge in [-0.15, -0.1) is 0 Å². The molecule has 0 atom stereocenters. The highest BCUT2D eigenvalue weighted by Gasteiger charge is 2.52. The van der Waals surface area contributed by atoms with Crippen LogP contribution in [0.4, 0.5) is 0 Å². The van der Waals surface area contributed by atoms with E-state index in [-0.39, 0.29) is 53.5 Å². The van der Waals surface area contributed by atoms with Gasteiger partial charge < -0.3 is 35.0 Å². The van der Waals surface area contributed by atoms with Gasteiger partial charge in [0.2, 0.25) is 0 Å². The Hall–Kier alpha value is -8.48. The van der Waals surface area contributed by atoms with Crippen molar-refractivity contribution in [3.8, 4) is 22.6 Å².